The highest BCUT2D eigenvalue weighted by Crippen LogP contribution is 2.30. The molecule has 2 aromatic carbocycles. The Morgan fingerprint density at radius 2 is 1.95 bits per heavy atom. The topological polar surface area (TPSA) is 29.1 Å². The van der Waals surface area contributed by atoms with Gasteiger partial charge in [0.1, 0.15) is 0 Å². The third-order valence-electron chi connectivity index (χ3n) is 2.92. The van der Waals surface area contributed by atoms with E-state index in [1.54, 1.807) is 18.2 Å². The summed E-state index contributed by atoms with van der Waals surface area (Å²) >= 11 is 13.4. The van der Waals surface area contributed by atoms with Crippen molar-refractivity contribution in [3.63, 3.8) is 0 Å². The molecule has 110 valence electrons. The molecule has 0 aliphatic rings. The molecule has 0 saturated heterocycles. The lowest BCUT2D eigenvalue weighted by atomic mass is 10.1. The second-order valence-electron chi connectivity index (χ2n) is 4.42. The molecule has 0 bridgehead atoms. The predicted molar refractivity (Wildman–Crippen MR) is 91.6 cm³/mol. The highest BCUT2D eigenvalue weighted by Gasteiger charge is 2.08. The van der Waals surface area contributed by atoms with Gasteiger partial charge in [0.05, 0.1) is 10.8 Å². The van der Waals surface area contributed by atoms with Gasteiger partial charge in [0, 0.05) is 15.6 Å². The third kappa shape index (κ3) is 4.67. The van der Waals surface area contributed by atoms with Crippen LogP contribution in [0.4, 0.5) is 5.69 Å². The molecule has 0 aliphatic carbocycles. The fraction of sp³-hybridized carbons (Fsp3) is 0.188. The number of carbonyl (C=O) groups is 1. The maximum absolute atomic E-state index is 12.0. The molecule has 0 saturated carbocycles. The number of nitrogens with one attached hydrogen (secondary N) is 1. The summed E-state index contributed by atoms with van der Waals surface area (Å²) in [6.07, 6.45) is 0.879. The molecule has 0 atom stereocenters. The molecule has 1 N–H and O–H groups in total. The number of hydrogen-bond donors (Lipinski definition) is 1. The molecular formula is C16H15Cl2NOS. The Bertz CT molecular complexity index is 646. The number of anilines is 1. The van der Waals surface area contributed by atoms with Crippen molar-refractivity contribution in [2.75, 3.05) is 11.1 Å². The Balaban J connectivity index is 1.97. The molecule has 0 spiro atoms. The number of para-hydroxylation sites is 1. The van der Waals surface area contributed by atoms with E-state index in [9.17, 15) is 4.79 Å². The summed E-state index contributed by atoms with van der Waals surface area (Å²) in [5.41, 5.74) is 1.99. The second kappa shape index (κ2) is 7.74. The standard InChI is InChI=1S/C16H15Cl2NOS/c1-2-11-5-3-4-6-14(11)19-16(20)10-21-15-9-12(17)7-8-13(15)18/h3-9H,2,10H2,1H3,(H,19,20). The van der Waals surface area contributed by atoms with Crippen LogP contribution in [0.3, 0.4) is 0 Å². The van der Waals surface area contributed by atoms with Gasteiger partial charge in [0.15, 0.2) is 0 Å². The molecule has 0 unspecified atom stereocenters. The normalized spacial score (nSPS) is 10.4. The van der Waals surface area contributed by atoms with Crippen LogP contribution >= 0.6 is 35.0 Å². The molecule has 5 heteroatoms. The minimum absolute atomic E-state index is 0.0584. The molecular weight excluding hydrogens is 325 g/mol. The van der Waals surface area contributed by atoms with Crippen LogP contribution in [0.1, 0.15) is 12.5 Å². The van der Waals surface area contributed by atoms with Crippen LogP contribution in [0.5, 0.6) is 0 Å². The van der Waals surface area contributed by atoms with Crippen LogP contribution < -0.4 is 5.32 Å². The third-order valence-corrected chi connectivity index (χ3v) is 4.66. The lowest BCUT2D eigenvalue weighted by molar-refractivity contribution is -0.113. The predicted octanol–water partition coefficient (Wildman–Crippen LogP) is 5.29. The van der Waals surface area contributed by atoms with Gasteiger partial charge in [-0.3, -0.25) is 4.79 Å². The van der Waals surface area contributed by atoms with Gasteiger partial charge in [-0.1, -0.05) is 48.3 Å². The van der Waals surface area contributed by atoms with Crippen LogP contribution in [-0.4, -0.2) is 11.7 Å². The van der Waals surface area contributed by atoms with E-state index in [1.807, 2.05) is 24.3 Å². The van der Waals surface area contributed by atoms with Gasteiger partial charge in [-0.2, -0.15) is 0 Å². The van der Waals surface area contributed by atoms with Crippen molar-refractivity contribution in [3.05, 3.63) is 58.1 Å². The quantitative estimate of drug-likeness (QED) is 0.750. The van der Waals surface area contributed by atoms with Crippen molar-refractivity contribution in [3.8, 4) is 0 Å². The summed E-state index contributed by atoms with van der Waals surface area (Å²) in [7, 11) is 0. The van der Waals surface area contributed by atoms with Crippen LogP contribution in [0, 0.1) is 0 Å². The minimum Gasteiger partial charge on any atom is -0.325 e. The zero-order chi connectivity index (χ0) is 15.2. The fourth-order valence-electron chi connectivity index (χ4n) is 1.87. The van der Waals surface area contributed by atoms with E-state index in [4.69, 9.17) is 23.2 Å². The van der Waals surface area contributed by atoms with Gasteiger partial charge < -0.3 is 5.32 Å². The number of aryl methyl sites for hydroxylation is 1. The van der Waals surface area contributed by atoms with Crippen LogP contribution in [0.2, 0.25) is 10.0 Å². The van der Waals surface area contributed by atoms with Crippen molar-refractivity contribution in [1.82, 2.24) is 0 Å². The minimum atomic E-state index is -0.0584. The second-order valence-corrected chi connectivity index (χ2v) is 6.28. The van der Waals surface area contributed by atoms with Crippen LogP contribution in [-0.2, 0) is 11.2 Å². The number of halogens is 2. The van der Waals surface area contributed by atoms with Crippen molar-refractivity contribution in [2.24, 2.45) is 0 Å². The van der Waals surface area contributed by atoms with Crippen molar-refractivity contribution >= 4 is 46.6 Å². The summed E-state index contributed by atoms with van der Waals surface area (Å²) in [5, 5.41) is 4.14. The lowest BCUT2D eigenvalue weighted by Gasteiger charge is -2.10. The fourth-order valence-corrected chi connectivity index (χ4v) is 3.16. The van der Waals surface area contributed by atoms with Crippen LogP contribution in [0.25, 0.3) is 0 Å². The molecule has 0 heterocycles. The highest BCUT2D eigenvalue weighted by atomic mass is 35.5. The first-order chi connectivity index (χ1) is 10.1. The Hall–Kier alpha value is -1.16. The lowest BCUT2D eigenvalue weighted by Crippen LogP contribution is -2.15. The zero-order valence-electron chi connectivity index (χ0n) is 11.5. The number of hydrogen-bond acceptors (Lipinski definition) is 2. The summed E-state index contributed by atoms with van der Waals surface area (Å²) in [6.45, 7) is 2.06. The molecule has 0 aliphatic heterocycles. The van der Waals surface area contributed by atoms with Gasteiger partial charge in [-0.25, -0.2) is 0 Å². The van der Waals surface area contributed by atoms with E-state index in [0.29, 0.717) is 10.0 Å². The van der Waals surface area contributed by atoms with E-state index < -0.39 is 0 Å². The highest BCUT2D eigenvalue weighted by molar-refractivity contribution is 8.00. The summed E-state index contributed by atoms with van der Waals surface area (Å²) in [6, 6.07) is 13.0. The first-order valence-corrected chi connectivity index (χ1v) is 8.30. The Morgan fingerprint density at radius 1 is 1.19 bits per heavy atom. The van der Waals surface area contributed by atoms with E-state index >= 15 is 0 Å². The number of amides is 1. The molecule has 1 amide bonds. The van der Waals surface area contributed by atoms with Crippen molar-refractivity contribution in [2.45, 2.75) is 18.2 Å². The summed E-state index contributed by atoms with van der Waals surface area (Å²) in [5.74, 6) is 0.231. The monoisotopic (exact) mass is 339 g/mol. The molecule has 0 aromatic heterocycles. The van der Waals surface area contributed by atoms with E-state index in [1.165, 1.54) is 11.8 Å². The molecule has 2 aromatic rings. The largest absolute Gasteiger partial charge is 0.325 e. The maximum Gasteiger partial charge on any atom is 0.234 e. The van der Waals surface area contributed by atoms with E-state index in [-0.39, 0.29) is 11.7 Å². The van der Waals surface area contributed by atoms with Crippen molar-refractivity contribution in [1.29, 1.82) is 0 Å². The van der Waals surface area contributed by atoms with Gasteiger partial charge in [0.25, 0.3) is 0 Å². The maximum atomic E-state index is 12.0. The Kier molecular flexibility index (Phi) is 5.97. The summed E-state index contributed by atoms with van der Waals surface area (Å²) < 4.78 is 0. The first-order valence-electron chi connectivity index (χ1n) is 6.55. The van der Waals surface area contributed by atoms with E-state index in [2.05, 4.69) is 12.2 Å². The van der Waals surface area contributed by atoms with E-state index in [0.717, 1.165) is 22.6 Å². The molecule has 2 nitrogen and oxygen atoms in total. The zero-order valence-corrected chi connectivity index (χ0v) is 13.9. The smallest absolute Gasteiger partial charge is 0.234 e. The van der Waals surface area contributed by atoms with Crippen molar-refractivity contribution < 1.29 is 4.79 Å². The Labute approximate surface area is 138 Å². The molecule has 21 heavy (non-hydrogen) atoms. The van der Waals surface area contributed by atoms with Crippen LogP contribution in [0.15, 0.2) is 47.4 Å². The number of benzene rings is 2. The molecule has 2 rings (SSSR count). The average molecular weight is 340 g/mol. The first kappa shape index (κ1) is 16.2. The number of rotatable bonds is 5. The van der Waals surface area contributed by atoms with Gasteiger partial charge >= 0.3 is 0 Å². The average Bonchev–Trinajstić information content (AvgIpc) is 2.49. The Morgan fingerprint density at radius 3 is 2.71 bits per heavy atom. The molecule has 0 radical (unpaired) electrons. The molecule has 0 fully saturated rings. The summed E-state index contributed by atoms with van der Waals surface area (Å²) in [4.78, 5) is 12.9. The van der Waals surface area contributed by atoms with Gasteiger partial charge in [-0.05, 0) is 36.2 Å². The number of carbonyl (C=O) groups excluding carboxylic acids is 1. The SMILES string of the molecule is CCc1ccccc1NC(=O)CSc1cc(Cl)ccc1Cl. The van der Waals surface area contributed by atoms with Gasteiger partial charge in [0.2, 0.25) is 5.91 Å². The van der Waals surface area contributed by atoms with Gasteiger partial charge in [-0.15, -0.1) is 11.8 Å². The number of thioether (sulfide) groups is 1.